The number of aryl methyl sites for hydroxylation is 1. The Labute approximate surface area is 249 Å². The molecule has 1 aliphatic carbocycles. The van der Waals surface area contributed by atoms with Gasteiger partial charge in [-0.25, -0.2) is 15.0 Å². The van der Waals surface area contributed by atoms with E-state index in [0.29, 0.717) is 37.2 Å². The fourth-order valence-corrected chi connectivity index (χ4v) is 5.97. The number of ether oxygens (including phenoxy) is 1. The van der Waals surface area contributed by atoms with E-state index in [9.17, 15) is 18.0 Å². The number of imidazole rings is 1. The van der Waals surface area contributed by atoms with Gasteiger partial charge in [0.05, 0.1) is 6.54 Å². The van der Waals surface area contributed by atoms with Gasteiger partial charge in [0.15, 0.2) is 5.65 Å². The highest BCUT2D eigenvalue weighted by Crippen LogP contribution is 2.38. The number of hydrogen-bond acceptors (Lipinski definition) is 6. The average Bonchev–Trinajstić information content (AvgIpc) is 3.43. The van der Waals surface area contributed by atoms with E-state index in [1.807, 2.05) is 25.1 Å². The van der Waals surface area contributed by atoms with E-state index in [0.717, 1.165) is 60.5 Å². The minimum Gasteiger partial charge on any atom is -0.490 e. The molecule has 8 nitrogen and oxygen atoms in total. The Morgan fingerprint density at radius 3 is 2.70 bits per heavy atom. The van der Waals surface area contributed by atoms with Crippen LogP contribution in [-0.2, 0) is 10.2 Å². The third kappa shape index (κ3) is 7.26. The molecule has 3 aromatic rings. The number of aromatic nitrogens is 4. The number of amides is 1. The van der Waals surface area contributed by atoms with Crippen molar-refractivity contribution < 1.29 is 22.7 Å². The molecule has 0 bridgehead atoms. The van der Waals surface area contributed by atoms with Gasteiger partial charge in [0.25, 0.3) is 0 Å². The lowest BCUT2D eigenvalue weighted by Crippen LogP contribution is -2.40. The van der Waals surface area contributed by atoms with Crippen molar-refractivity contribution in [3.05, 3.63) is 59.7 Å². The Balaban J connectivity index is 1.29. The summed E-state index contributed by atoms with van der Waals surface area (Å²) in [6.45, 7) is 6.84. The predicted octanol–water partition coefficient (Wildman–Crippen LogP) is 6.04. The zero-order valence-electron chi connectivity index (χ0n) is 24.9. The monoisotopic (exact) mass is 596 g/mol. The average molecular weight is 597 g/mol. The Bertz CT molecular complexity index is 1490. The van der Waals surface area contributed by atoms with Crippen LogP contribution in [0.1, 0.15) is 57.3 Å². The van der Waals surface area contributed by atoms with Crippen molar-refractivity contribution in [2.45, 2.75) is 70.6 Å². The summed E-state index contributed by atoms with van der Waals surface area (Å²) in [5.74, 6) is 1.86. The summed E-state index contributed by atoms with van der Waals surface area (Å²) in [5, 5.41) is 2.69. The van der Waals surface area contributed by atoms with Gasteiger partial charge in [0, 0.05) is 23.9 Å². The number of aromatic amines is 1. The van der Waals surface area contributed by atoms with Gasteiger partial charge >= 0.3 is 6.18 Å². The summed E-state index contributed by atoms with van der Waals surface area (Å²) in [5.41, 5.74) is 4.80. The molecule has 0 saturated carbocycles. The van der Waals surface area contributed by atoms with Crippen molar-refractivity contribution in [1.29, 1.82) is 0 Å². The number of alkyl halides is 3. The maximum Gasteiger partial charge on any atom is 0.401 e. The van der Waals surface area contributed by atoms with E-state index in [-0.39, 0.29) is 17.4 Å². The van der Waals surface area contributed by atoms with Crippen LogP contribution in [0.4, 0.5) is 13.2 Å². The molecule has 2 aliphatic rings. The number of rotatable bonds is 11. The van der Waals surface area contributed by atoms with Crippen LogP contribution < -0.4 is 10.1 Å². The third-order valence-electron chi connectivity index (χ3n) is 8.58. The number of allylic oxidation sites excluding steroid dienone is 4. The first-order valence-electron chi connectivity index (χ1n) is 14.9. The molecule has 11 heteroatoms. The first-order chi connectivity index (χ1) is 20.6. The highest BCUT2D eigenvalue weighted by molar-refractivity contribution is 5.87. The lowest BCUT2D eigenvalue weighted by Gasteiger charge is -2.35. The molecule has 230 valence electrons. The molecule has 2 atom stereocenters. The summed E-state index contributed by atoms with van der Waals surface area (Å²) in [6.07, 6.45) is 8.31. The van der Waals surface area contributed by atoms with Crippen molar-refractivity contribution in [2.75, 3.05) is 26.2 Å². The zero-order chi connectivity index (χ0) is 30.6. The number of piperidine rings is 1. The molecule has 1 aromatic carbocycles. The minimum atomic E-state index is -4.15. The molecule has 2 aromatic heterocycles. The molecule has 1 fully saturated rings. The van der Waals surface area contributed by atoms with Crippen LogP contribution >= 0.6 is 0 Å². The lowest BCUT2D eigenvalue weighted by atomic mass is 9.77. The first kappa shape index (κ1) is 30.7. The van der Waals surface area contributed by atoms with Gasteiger partial charge in [-0.15, -0.1) is 0 Å². The standard InChI is InChI=1S/C32H39F3N6O2/c1-4-25(9-14-36-20-42)43-26-6-5-24(17-21(26)2)27-28-29(38-19-37-27)40-30(39-28)31(3)12-7-22(8-13-31)23-10-15-41(16-11-23)18-32(33,34)35/h5-8,12,17,19-20,23,25H,4,9-11,13-16,18H2,1-3H3,(H,36,42)(H,37,38,39,40). The number of hydrogen-bond donors (Lipinski definition) is 2. The number of halogens is 3. The number of carbonyl (C=O) groups is 1. The second-order valence-electron chi connectivity index (χ2n) is 11.8. The molecule has 2 N–H and O–H groups in total. The largest absolute Gasteiger partial charge is 0.490 e. The van der Waals surface area contributed by atoms with Crippen molar-refractivity contribution in [1.82, 2.24) is 30.2 Å². The number of nitrogens with zero attached hydrogens (tertiary/aromatic N) is 4. The second-order valence-corrected chi connectivity index (χ2v) is 11.8. The number of nitrogens with one attached hydrogen (secondary N) is 2. The Morgan fingerprint density at radius 2 is 2.05 bits per heavy atom. The quantitative estimate of drug-likeness (QED) is 0.207. The van der Waals surface area contributed by atoms with Crippen LogP contribution in [0.2, 0.25) is 0 Å². The summed E-state index contributed by atoms with van der Waals surface area (Å²) in [4.78, 5) is 29.5. The Kier molecular flexibility index (Phi) is 9.19. The SMILES string of the molecule is CCC(CCNC=O)Oc1ccc(-c2ncnc3[nH]c(C4(C)C=CC(C5CCN(CC(F)(F)F)CC5)=CC4)nc23)cc1C. The number of likely N-dealkylation sites (tertiary alicyclic amines) is 1. The van der Waals surface area contributed by atoms with Gasteiger partial charge in [-0.05, 0) is 87.9 Å². The lowest BCUT2D eigenvalue weighted by molar-refractivity contribution is -0.148. The highest BCUT2D eigenvalue weighted by atomic mass is 19.4. The molecule has 0 spiro atoms. The van der Waals surface area contributed by atoms with Crippen LogP contribution in [0.25, 0.3) is 22.4 Å². The summed E-state index contributed by atoms with van der Waals surface area (Å²) in [7, 11) is 0. The van der Waals surface area contributed by atoms with Crippen LogP contribution in [0.15, 0.2) is 48.3 Å². The molecular formula is C32H39F3N6O2. The molecule has 3 heterocycles. The highest BCUT2D eigenvalue weighted by Gasteiger charge is 2.34. The topological polar surface area (TPSA) is 96.0 Å². The molecule has 1 saturated heterocycles. The summed E-state index contributed by atoms with van der Waals surface area (Å²) in [6, 6.07) is 5.97. The van der Waals surface area contributed by atoms with Crippen molar-refractivity contribution in [2.24, 2.45) is 5.92 Å². The van der Waals surface area contributed by atoms with Gasteiger partial charge in [-0.1, -0.05) is 25.2 Å². The number of benzene rings is 1. The Hall–Kier alpha value is -3.73. The fraction of sp³-hybridized carbons (Fsp3) is 0.500. The van der Waals surface area contributed by atoms with Crippen molar-refractivity contribution >= 4 is 17.6 Å². The molecular weight excluding hydrogens is 557 g/mol. The summed E-state index contributed by atoms with van der Waals surface area (Å²) >= 11 is 0. The maximum atomic E-state index is 12.8. The van der Waals surface area contributed by atoms with E-state index >= 15 is 0 Å². The zero-order valence-corrected chi connectivity index (χ0v) is 24.9. The van der Waals surface area contributed by atoms with Gasteiger partial charge in [0.2, 0.25) is 6.41 Å². The van der Waals surface area contributed by atoms with E-state index in [1.165, 1.54) is 16.8 Å². The van der Waals surface area contributed by atoms with Gasteiger partial charge < -0.3 is 15.0 Å². The first-order valence-corrected chi connectivity index (χ1v) is 14.9. The number of fused-ring (bicyclic) bond motifs is 1. The summed E-state index contributed by atoms with van der Waals surface area (Å²) < 4.78 is 44.5. The molecule has 2 unspecified atom stereocenters. The van der Waals surface area contributed by atoms with Crippen molar-refractivity contribution in [3.63, 3.8) is 0 Å². The third-order valence-corrected chi connectivity index (χ3v) is 8.58. The molecule has 43 heavy (non-hydrogen) atoms. The molecule has 0 radical (unpaired) electrons. The van der Waals surface area contributed by atoms with Gasteiger partial charge in [0.1, 0.15) is 35.2 Å². The molecule has 5 rings (SSSR count). The number of H-pyrrole nitrogens is 1. The van der Waals surface area contributed by atoms with Gasteiger partial charge in [-0.3, -0.25) is 9.69 Å². The van der Waals surface area contributed by atoms with E-state index in [2.05, 4.69) is 52.3 Å². The van der Waals surface area contributed by atoms with E-state index < -0.39 is 12.7 Å². The van der Waals surface area contributed by atoms with Crippen LogP contribution in [-0.4, -0.2) is 69.7 Å². The van der Waals surface area contributed by atoms with Crippen LogP contribution in [0.3, 0.4) is 0 Å². The van der Waals surface area contributed by atoms with Gasteiger partial charge in [-0.2, -0.15) is 13.2 Å². The Morgan fingerprint density at radius 1 is 1.26 bits per heavy atom. The fourth-order valence-electron chi connectivity index (χ4n) is 5.97. The molecule has 1 amide bonds. The second kappa shape index (κ2) is 12.9. The van der Waals surface area contributed by atoms with E-state index in [1.54, 1.807) is 0 Å². The number of carbonyl (C=O) groups excluding carboxylic acids is 1. The predicted molar refractivity (Wildman–Crippen MR) is 160 cm³/mol. The normalized spacial score (nSPS) is 20.7. The minimum absolute atomic E-state index is 0.00212. The van der Waals surface area contributed by atoms with E-state index in [4.69, 9.17) is 9.72 Å². The van der Waals surface area contributed by atoms with Crippen molar-refractivity contribution in [3.8, 4) is 17.0 Å². The van der Waals surface area contributed by atoms with Crippen LogP contribution in [0.5, 0.6) is 5.75 Å². The van der Waals surface area contributed by atoms with Crippen LogP contribution in [0, 0.1) is 12.8 Å². The smallest absolute Gasteiger partial charge is 0.401 e. The molecule has 1 aliphatic heterocycles. The maximum absolute atomic E-state index is 12.8.